The molecule has 3 aromatic carbocycles. The summed E-state index contributed by atoms with van der Waals surface area (Å²) in [5, 5.41) is 2.67. The predicted molar refractivity (Wildman–Crippen MR) is 165 cm³/mol. The predicted octanol–water partition coefficient (Wildman–Crippen LogP) is 7.96. The third kappa shape index (κ3) is 7.11. The molecule has 1 saturated carbocycles. The molecule has 0 aromatic heterocycles. The number of anilines is 1. The quantitative estimate of drug-likeness (QED) is 0.191. The van der Waals surface area contributed by atoms with E-state index in [0.29, 0.717) is 41.6 Å². The topological polar surface area (TPSA) is 75.7 Å². The lowest BCUT2D eigenvalue weighted by Gasteiger charge is -2.41. The molecule has 1 N–H and O–H groups in total. The zero-order valence-corrected chi connectivity index (χ0v) is 26.3. The van der Waals surface area contributed by atoms with Gasteiger partial charge < -0.3 is 15.0 Å². The number of halogens is 4. The summed E-state index contributed by atoms with van der Waals surface area (Å²) in [5.41, 5.74) is 1.22. The van der Waals surface area contributed by atoms with Crippen LogP contribution in [0.25, 0.3) is 0 Å². The van der Waals surface area contributed by atoms with Crippen molar-refractivity contribution in [3.8, 4) is 0 Å². The summed E-state index contributed by atoms with van der Waals surface area (Å²) in [4.78, 5) is 40.8. The molecule has 1 heterocycles. The third-order valence-electron chi connectivity index (χ3n) is 8.88. The molecular formula is C36H38F4N2O4. The lowest BCUT2D eigenvalue weighted by atomic mass is 9.65. The molecule has 1 aliphatic carbocycles. The first-order valence-electron chi connectivity index (χ1n) is 15.4. The molecule has 10 heteroatoms. The number of esters is 1. The van der Waals surface area contributed by atoms with Crippen LogP contribution < -0.4 is 5.32 Å². The molecule has 2 atom stereocenters. The van der Waals surface area contributed by atoms with Gasteiger partial charge in [-0.1, -0.05) is 55.8 Å². The Morgan fingerprint density at radius 3 is 2.24 bits per heavy atom. The van der Waals surface area contributed by atoms with Crippen molar-refractivity contribution in [2.24, 2.45) is 11.3 Å². The first-order chi connectivity index (χ1) is 21.6. The molecule has 2 unspecified atom stereocenters. The number of rotatable bonds is 9. The van der Waals surface area contributed by atoms with E-state index in [9.17, 15) is 31.9 Å². The normalized spacial score (nSPS) is 17.1. The van der Waals surface area contributed by atoms with E-state index in [0.717, 1.165) is 18.9 Å². The molecule has 6 nitrogen and oxygen atoms in total. The standard InChI is InChI=1S/C36H38F4N2O4/c1-22(36(38,39)40)30(25-14-12-23(13-15-25)20-42-21-28-27(32(42)44)10-6-11-29(28)37)31(43)41-26-9-5-8-24(18-26)19-35(16-7-17-35)33(45)46-34(2,3)4/h5-6,8-15,18,22,30H,7,16-17,19-21H2,1-4H3,(H,41,43). The molecule has 5 rings (SSSR count). The molecule has 46 heavy (non-hydrogen) atoms. The van der Waals surface area contributed by atoms with E-state index in [-0.39, 0.29) is 30.5 Å². The molecule has 1 aliphatic heterocycles. The molecule has 2 aliphatic rings. The SMILES string of the molecule is CC(C(C(=O)Nc1cccc(CC2(C(=O)OC(C)(C)C)CCC2)c1)c1ccc(CN2Cc3c(F)cccc3C2=O)cc1)C(F)(F)F. The molecular weight excluding hydrogens is 600 g/mol. The number of hydrogen-bond donors (Lipinski definition) is 1. The van der Waals surface area contributed by atoms with Crippen LogP contribution in [-0.4, -0.2) is 34.5 Å². The van der Waals surface area contributed by atoms with Gasteiger partial charge in [-0.2, -0.15) is 13.2 Å². The lowest BCUT2D eigenvalue weighted by molar-refractivity contribution is -0.178. The molecule has 0 radical (unpaired) electrons. The second-order valence-corrected chi connectivity index (χ2v) is 13.5. The minimum Gasteiger partial charge on any atom is -0.460 e. The van der Waals surface area contributed by atoms with Crippen LogP contribution in [0.15, 0.2) is 66.7 Å². The van der Waals surface area contributed by atoms with Crippen molar-refractivity contribution >= 4 is 23.5 Å². The number of ether oxygens (including phenoxy) is 1. The largest absolute Gasteiger partial charge is 0.460 e. The Bertz CT molecular complexity index is 1620. The zero-order chi connectivity index (χ0) is 33.4. The number of alkyl halides is 3. The Morgan fingerprint density at radius 2 is 1.65 bits per heavy atom. The van der Waals surface area contributed by atoms with Crippen LogP contribution in [0.2, 0.25) is 0 Å². The first-order valence-corrected chi connectivity index (χ1v) is 15.4. The van der Waals surface area contributed by atoms with Gasteiger partial charge in [-0.25, -0.2) is 4.39 Å². The molecule has 244 valence electrons. The summed E-state index contributed by atoms with van der Waals surface area (Å²) < 4.78 is 62.0. The molecule has 0 bridgehead atoms. The summed E-state index contributed by atoms with van der Waals surface area (Å²) in [6, 6.07) is 17.3. The van der Waals surface area contributed by atoms with Crippen LogP contribution in [0.4, 0.5) is 23.2 Å². The highest BCUT2D eigenvalue weighted by Crippen LogP contribution is 2.46. The maximum absolute atomic E-state index is 14.2. The molecule has 0 saturated heterocycles. The van der Waals surface area contributed by atoms with Gasteiger partial charge in [-0.05, 0) is 81.0 Å². The Balaban J connectivity index is 1.31. The van der Waals surface area contributed by atoms with Gasteiger partial charge in [0.25, 0.3) is 5.91 Å². The fourth-order valence-corrected chi connectivity index (χ4v) is 6.20. The Labute approximate surface area is 266 Å². The van der Waals surface area contributed by atoms with Gasteiger partial charge in [0, 0.05) is 23.4 Å². The minimum absolute atomic E-state index is 0.0939. The molecule has 2 amide bonds. The van der Waals surface area contributed by atoms with Gasteiger partial charge in [0.2, 0.25) is 5.91 Å². The summed E-state index contributed by atoms with van der Waals surface area (Å²) in [5.74, 6) is -5.42. The van der Waals surface area contributed by atoms with Gasteiger partial charge in [0.1, 0.15) is 11.4 Å². The van der Waals surface area contributed by atoms with E-state index in [1.807, 2.05) is 26.8 Å². The van der Waals surface area contributed by atoms with E-state index in [1.54, 1.807) is 36.4 Å². The van der Waals surface area contributed by atoms with Crippen LogP contribution >= 0.6 is 0 Å². The van der Waals surface area contributed by atoms with Crippen molar-refractivity contribution in [2.45, 2.75) is 84.2 Å². The second-order valence-electron chi connectivity index (χ2n) is 13.5. The first kappa shape index (κ1) is 33.2. The maximum Gasteiger partial charge on any atom is 0.392 e. The number of amides is 2. The third-order valence-corrected chi connectivity index (χ3v) is 8.88. The van der Waals surface area contributed by atoms with Crippen molar-refractivity contribution in [2.75, 3.05) is 5.32 Å². The highest BCUT2D eigenvalue weighted by atomic mass is 19.4. The smallest absolute Gasteiger partial charge is 0.392 e. The van der Waals surface area contributed by atoms with Gasteiger partial charge >= 0.3 is 12.1 Å². The van der Waals surface area contributed by atoms with Crippen LogP contribution in [0.5, 0.6) is 0 Å². The van der Waals surface area contributed by atoms with Crippen molar-refractivity contribution in [3.63, 3.8) is 0 Å². The molecule has 3 aromatic rings. The van der Waals surface area contributed by atoms with E-state index in [1.165, 1.54) is 29.2 Å². The average molecular weight is 639 g/mol. The van der Waals surface area contributed by atoms with Gasteiger partial charge in [0.05, 0.1) is 23.8 Å². The van der Waals surface area contributed by atoms with Gasteiger partial charge in [-0.15, -0.1) is 0 Å². The zero-order valence-electron chi connectivity index (χ0n) is 26.3. The molecule has 0 spiro atoms. The Kier molecular flexibility index (Phi) is 9.03. The van der Waals surface area contributed by atoms with Gasteiger partial charge in [0.15, 0.2) is 0 Å². The number of fused-ring (bicyclic) bond motifs is 1. The van der Waals surface area contributed by atoms with Crippen LogP contribution in [0, 0.1) is 17.2 Å². The number of nitrogens with zero attached hydrogens (tertiary/aromatic N) is 1. The van der Waals surface area contributed by atoms with Crippen LogP contribution in [0.3, 0.4) is 0 Å². The lowest BCUT2D eigenvalue weighted by Crippen LogP contribution is -2.44. The number of carbonyl (C=O) groups excluding carboxylic acids is 3. The summed E-state index contributed by atoms with van der Waals surface area (Å²) in [6.45, 7) is 6.65. The highest BCUT2D eigenvalue weighted by molar-refractivity contribution is 5.98. The fraction of sp³-hybridized carbons (Fsp3) is 0.417. The molecule has 1 fully saturated rings. The van der Waals surface area contributed by atoms with Gasteiger partial charge in [-0.3, -0.25) is 14.4 Å². The van der Waals surface area contributed by atoms with Crippen LogP contribution in [0.1, 0.15) is 85.5 Å². The van der Waals surface area contributed by atoms with Crippen molar-refractivity contribution < 1.29 is 36.7 Å². The fourth-order valence-electron chi connectivity index (χ4n) is 6.20. The van der Waals surface area contributed by atoms with Crippen molar-refractivity contribution in [1.82, 2.24) is 4.90 Å². The summed E-state index contributed by atoms with van der Waals surface area (Å²) in [7, 11) is 0. The van der Waals surface area contributed by atoms with E-state index in [2.05, 4.69) is 5.32 Å². The minimum atomic E-state index is -4.65. The average Bonchev–Trinajstić information content (AvgIpc) is 3.26. The van der Waals surface area contributed by atoms with Crippen LogP contribution in [-0.2, 0) is 33.8 Å². The van der Waals surface area contributed by atoms with Crippen molar-refractivity contribution in [3.05, 3.63) is 100 Å². The van der Waals surface area contributed by atoms with Crippen molar-refractivity contribution in [1.29, 1.82) is 0 Å². The van der Waals surface area contributed by atoms with E-state index >= 15 is 0 Å². The highest BCUT2D eigenvalue weighted by Gasteiger charge is 2.47. The Hall–Kier alpha value is -4.21. The van der Waals surface area contributed by atoms with E-state index < -0.39 is 40.8 Å². The number of hydrogen-bond acceptors (Lipinski definition) is 4. The Morgan fingerprint density at radius 1 is 0.978 bits per heavy atom. The monoisotopic (exact) mass is 638 g/mol. The summed E-state index contributed by atoms with van der Waals surface area (Å²) >= 11 is 0. The summed E-state index contributed by atoms with van der Waals surface area (Å²) in [6.07, 6.45) is -2.01. The number of benzene rings is 3. The maximum atomic E-state index is 14.2. The number of nitrogens with one attached hydrogen (secondary N) is 1. The second kappa shape index (κ2) is 12.5. The van der Waals surface area contributed by atoms with E-state index in [4.69, 9.17) is 4.74 Å². The number of carbonyl (C=O) groups is 3.